The lowest BCUT2D eigenvalue weighted by Crippen LogP contribution is -2.43. The molecule has 2 aliphatic heterocycles. The molecular weight excluding hydrogens is 184 g/mol. The summed E-state index contributed by atoms with van der Waals surface area (Å²) in [5.41, 5.74) is 0. The first kappa shape index (κ1) is 11.4. The lowest BCUT2D eigenvalue weighted by molar-refractivity contribution is 0.143. The van der Waals surface area contributed by atoms with Crippen LogP contribution in [0.15, 0.2) is 0 Å². The van der Waals surface area contributed by atoms with E-state index in [1.807, 2.05) is 0 Å². The summed E-state index contributed by atoms with van der Waals surface area (Å²) in [4.78, 5) is 2.74. The first-order valence-corrected chi connectivity index (χ1v) is 6.70. The first-order valence-electron chi connectivity index (χ1n) is 6.70. The van der Waals surface area contributed by atoms with Crippen LogP contribution in [0, 0.1) is 5.92 Å². The fourth-order valence-corrected chi connectivity index (χ4v) is 3.42. The number of hydrogen-bond acceptors (Lipinski definition) is 2. The predicted molar refractivity (Wildman–Crippen MR) is 65.1 cm³/mol. The Kier molecular flexibility index (Phi) is 3.68. The number of nitrogens with zero attached hydrogens (tertiary/aromatic N) is 1. The highest BCUT2D eigenvalue weighted by molar-refractivity contribution is 4.91. The fourth-order valence-electron chi connectivity index (χ4n) is 3.42. The average molecular weight is 210 g/mol. The average Bonchev–Trinajstić information content (AvgIpc) is 2.50. The quantitative estimate of drug-likeness (QED) is 0.768. The molecule has 3 unspecified atom stereocenters. The van der Waals surface area contributed by atoms with Crippen LogP contribution in [0.2, 0.25) is 0 Å². The van der Waals surface area contributed by atoms with Crippen LogP contribution in [0.1, 0.15) is 46.5 Å². The molecule has 3 atom stereocenters. The lowest BCUT2D eigenvalue weighted by Gasteiger charge is -2.34. The van der Waals surface area contributed by atoms with Crippen molar-refractivity contribution in [1.29, 1.82) is 0 Å². The lowest BCUT2D eigenvalue weighted by atomic mass is 9.97. The van der Waals surface area contributed by atoms with Crippen LogP contribution in [-0.2, 0) is 0 Å². The zero-order chi connectivity index (χ0) is 10.8. The summed E-state index contributed by atoms with van der Waals surface area (Å²) in [7, 11) is 0. The molecule has 1 N–H and O–H groups in total. The van der Waals surface area contributed by atoms with E-state index >= 15 is 0 Å². The van der Waals surface area contributed by atoms with Crippen LogP contribution < -0.4 is 5.32 Å². The van der Waals surface area contributed by atoms with E-state index in [-0.39, 0.29) is 0 Å². The molecule has 0 aromatic rings. The maximum Gasteiger partial charge on any atom is 0.0198 e. The second kappa shape index (κ2) is 4.84. The van der Waals surface area contributed by atoms with E-state index in [0.717, 1.165) is 24.0 Å². The second-order valence-corrected chi connectivity index (χ2v) is 5.64. The molecule has 88 valence electrons. The molecule has 0 aliphatic carbocycles. The van der Waals surface area contributed by atoms with Crippen LogP contribution in [0.25, 0.3) is 0 Å². The van der Waals surface area contributed by atoms with E-state index in [2.05, 4.69) is 31.0 Å². The molecule has 0 radical (unpaired) electrons. The van der Waals surface area contributed by atoms with Crippen LogP contribution in [0.3, 0.4) is 0 Å². The van der Waals surface area contributed by atoms with Gasteiger partial charge < -0.3 is 5.32 Å². The molecule has 0 amide bonds. The molecule has 2 fully saturated rings. The molecule has 2 heteroatoms. The van der Waals surface area contributed by atoms with Crippen molar-refractivity contribution in [3.63, 3.8) is 0 Å². The maximum atomic E-state index is 3.76. The summed E-state index contributed by atoms with van der Waals surface area (Å²) in [5, 5.41) is 3.76. The van der Waals surface area contributed by atoms with Gasteiger partial charge in [0.15, 0.2) is 0 Å². The zero-order valence-corrected chi connectivity index (χ0v) is 10.5. The van der Waals surface area contributed by atoms with Crippen molar-refractivity contribution in [1.82, 2.24) is 10.2 Å². The topological polar surface area (TPSA) is 15.3 Å². The summed E-state index contributed by atoms with van der Waals surface area (Å²) in [6.07, 6.45) is 5.47. The highest BCUT2D eigenvalue weighted by Gasteiger charge is 2.32. The van der Waals surface area contributed by atoms with Crippen LogP contribution >= 0.6 is 0 Å². The van der Waals surface area contributed by atoms with E-state index in [4.69, 9.17) is 0 Å². The summed E-state index contributed by atoms with van der Waals surface area (Å²) < 4.78 is 0. The molecule has 0 saturated carbocycles. The van der Waals surface area contributed by atoms with Gasteiger partial charge in [-0.2, -0.15) is 0 Å². The Morgan fingerprint density at radius 2 is 1.93 bits per heavy atom. The van der Waals surface area contributed by atoms with Gasteiger partial charge in [0.05, 0.1) is 0 Å². The standard InChI is InChI=1S/C13H26N2/c1-4-13(10(2)3)15-8-7-11-5-6-12(9-15)14-11/h10-14H,4-9H2,1-3H3. The molecule has 0 spiro atoms. The van der Waals surface area contributed by atoms with Gasteiger partial charge in [-0.25, -0.2) is 0 Å². The third-order valence-corrected chi connectivity index (χ3v) is 4.21. The van der Waals surface area contributed by atoms with E-state index in [9.17, 15) is 0 Å². The molecule has 0 aromatic carbocycles. The minimum atomic E-state index is 0.783. The normalized spacial score (nSPS) is 34.4. The summed E-state index contributed by atoms with van der Waals surface area (Å²) in [6, 6.07) is 2.40. The Labute approximate surface area is 94.4 Å². The van der Waals surface area contributed by atoms with Crippen LogP contribution in [0.5, 0.6) is 0 Å². The van der Waals surface area contributed by atoms with Gasteiger partial charge in [-0.05, 0) is 38.1 Å². The predicted octanol–water partition coefficient (Wildman–Crippen LogP) is 2.25. The van der Waals surface area contributed by atoms with Gasteiger partial charge >= 0.3 is 0 Å². The van der Waals surface area contributed by atoms with Gasteiger partial charge in [0.25, 0.3) is 0 Å². The van der Waals surface area contributed by atoms with E-state index in [0.29, 0.717) is 0 Å². The van der Waals surface area contributed by atoms with Gasteiger partial charge in [-0.15, -0.1) is 0 Å². The van der Waals surface area contributed by atoms with Gasteiger partial charge in [0.2, 0.25) is 0 Å². The van der Waals surface area contributed by atoms with Gasteiger partial charge in [0.1, 0.15) is 0 Å². The van der Waals surface area contributed by atoms with E-state index < -0.39 is 0 Å². The molecule has 2 saturated heterocycles. The third kappa shape index (κ3) is 2.54. The van der Waals surface area contributed by atoms with E-state index in [1.165, 1.54) is 38.8 Å². The summed E-state index contributed by atoms with van der Waals surface area (Å²) in [6.45, 7) is 9.66. The Morgan fingerprint density at radius 1 is 1.20 bits per heavy atom. The minimum absolute atomic E-state index is 0.783. The zero-order valence-electron chi connectivity index (χ0n) is 10.5. The van der Waals surface area contributed by atoms with Crippen molar-refractivity contribution >= 4 is 0 Å². The highest BCUT2D eigenvalue weighted by atomic mass is 15.2. The number of rotatable bonds is 3. The fraction of sp³-hybridized carbons (Fsp3) is 1.00. The van der Waals surface area contributed by atoms with Gasteiger partial charge in [0, 0.05) is 24.7 Å². The van der Waals surface area contributed by atoms with Gasteiger partial charge in [-0.3, -0.25) is 4.90 Å². The molecule has 2 bridgehead atoms. The Balaban J connectivity index is 1.97. The molecule has 0 aromatic heterocycles. The molecule has 2 heterocycles. The van der Waals surface area contributed by atoms with Crippen molar-refractivity contribution in [2.75, 3.05) is 13.1 Å². The Hall–Kier alpha value is -0.0800. The number of fused-ring (bicyclic) bond motifs is 2. The number of nitrogens with one attached hydrogen (secondary N) is 1. The Morgan fingerprint density at radius 3 is 2.60 bits per heavy atom. The van der Waals surface area contributed by atoms with E-state index in [1.54, 1.807) is 0 Å². The third-order valence-electron chi connectivity index (χ3n) is 4.21. The van der Waals surface area contributed by atoms with Crippen molar-refractivity contribution in [2.24, 2.45) is 5.92 Å². The number of likely N-dealkylation sites (tertiary alicyclic amines) is 1. The minimum Gasteiger partial charge on any atom is -0.310 e. The van der Waals surface area contributed by atoms with Crippen LogP contribution in [-0.4, -0.2) is 36.1 Å². The first-order chi connectivity index (χ1) is 7.20. The molecular formula is C13H26N2. The number of hydrogen-bond donors (Lipinski definition) is 1. The monoisotopic (exact) mass is 210 g/mol. The van der Waals surface area contributed by atoms with Gasteiger partial charge in [-0.1, -0.05) is 20.8 Å². The van der Waals surface area contributed by atoms with Crippen molar-refractivity contribution in [3.05, 3.63) is 0 Å². The van der Waals surface area contributed by atoms with Crippen molar-refractivity contribution < 1.29 is 0 Å². The molecule has 2 rings (SSSR count). The van der Waals surface area contributed by atoms with Crippen LogP contribution in [0.4, 0.5) is 0 Å². The molecule has 2 aliphatic rings. The van der Waals surface area contributed by atoms with Crippen molar-refractivity contribution in [2.45, 2.75) is 64.6 Å². The molecule has 15 heavy (non-hydrogen) atoms. The smallest absolute Gasteiger partial charge is 0.0198 e. The second-order valence-electron chi connectivity index (χ2n) is 5.64. The summed E-state index contributed by atoms with van der Waals surface area (Å²) in [5.74, 6) is 0.798. The maximum absolute atomic E-state index is 3.76. The SMILES string of the molecule is CCC(C(C)C)N1CCC2CCC(C1)N2. The highest BCUT2D eigenvalue weighted by Crippen LogP contribution is 2.24. The Bertz CT molecular complexity index is 203. The van der Waals surface area contributed by atoms with Crippen molar-refractivity contribution in [3.8, 4) is 0 Å². The molecule has 2 nitrogen and oxygen atoms in total. The summed E-state index contributed by atoms with van der Waals surface area (Å²) >= 11 is 0. The largest absolute Gasteiger partial charge is 0.310 e.